The van der Waals surface area contributed by atoms with Crippen molar-refractivity contribution in [1.82, 2.24) is 0 Å². The Morgan fingerprint density at radius 2 is 1.08 bits per heavy atom. The third kappa shape index (κ3) is 2.42. The summed E-state index contributed by atoms with van der Waals surface area (Å²) in [4.78, 5) is 0. The smallest absolute Gasteiger partial charge is 0.157 e. The van der Waals surface area contributed by atoms with E-state index in [-0.39, 0.29) is 5.91 Å². The van der Waals surface area contributed by atoms with Gasteiger partial charge in [0.25, 0.3) is 0 Å². The summed E-state index contributed by atoms with van der Waals surface area (Å²) < 4.78 is 10.9. The highest BCUT2D eigenvalue weighted by molar-refractivity contribution is 6.59. The number of fused-ring (bicyclic) bond motifs is 6. The van der Waals surface area contributed by atoms with E-state index in [0.717, 1.165) is 0 Å². The van der Waals surface area contributed by atoms with Crippen LogP contribution in [-0.4, -0.2) is 29.7 Å². The van der Waals surface area contributed by atoms with Crippen LogP contribution < -0.4 is 5.19 Å². The van der Waals surface area contributed by atoms with Crippen LogP contribution in [0.2, 0.25) is 0 Å². The molecule has 0 aliphatic rings. The largest absolute Gasteiger partial charge is 0.360 e. The van der Waals surface area contributed by atoms with Crippen molar-refractivity contribution in [3.63, 3.8) is 0 Å². The summed E-state index contributed by atoms with van der Waals surface area (Å²) in [5, 5.41) is 9.07. The van der Waals surface area contributed by atoms with Gasteiger partial charge in [-0.1, -0.05) is 66.7 Å². The molecule has 0 spiro atoms. The molecule has 0 heterocycles. The van der Waals surface area contributed by atoms with Crippen LogP contribution in [0, 0.1) is 0 Å². The lowest BCUT2D eigenvalue weighted by molar-refractivity contribution is -0.0429. The number of rotatable bonds is 4. The maximum absolute atomic E-state index is 5.44. The molecule has 0 unspecified atom stereocenters. The molecule has 3 heteroatoms. The molecule has 4 rings (SSSR count). The van der Waals surface area contributed by atoms with Gasteiger partial charge in [-0.05, 0) is 37.5 Å². The molecule has 0 saturated carbocycles. The summed E-state index contributed by atoms with van der Waals surface area (Å²) in [7, 11) is 3.83. The monoisotopic (exact) mass is 330 g/mol. The molecule has 0 fully saturated rings. The van der Waals surface area contributed by atoms with E-state index in [1.54, 1.807) is 14.2 Å². The first-order valence-electron chi connectivity index (χ1n) is 7.98. The van der Waals surface area contributed by atoms with Gasteiger partial charge in [-0.3, -0.25) is 0 Å². The van der Waals surface area contributed by atoms with Crippen molar-refractivity contribution in [3.8, 4) is 0 Å². The molecule has 2 radical (unpaired) electrons. The molecule has 0 aliphatic heterocycles. The zero-order valence-corrected chi connectivity index (χ0v) is 14.7. The van der Waals surface area contributed by atoms with Gasteiger partial charge in [-0.2, -0.15) is 0 Å². The summed E-state index contributed by atoms with van der Waals surface area (Å²) in [5.41, 5.74) is 0. The summed E-state index contributed by atoms with van der Waals surface area (Å²) in [5.74, 6) is -0.208. The molecule has 4 aromatic rings. The van der Waals surface area contributed by atoms with E-state index in [0.29, 0.717) is 9.52 Å². The summed E-state index contributed by atoms with van der Waals surface area (Å²) in [6, 6.07) is 23.8. The van der Waals surface area contributed by atoms with Crippen LogP contribution in [0.25, 0.3) is 32.3 Å². The lowest BCUT2D eigenvalue weighted by Gasteiger charge is -2.16. The van der Waals surface area contributed by atoms with Gasteiger partial charge in [0.1, 0.15) is 5.91 Å². The van der Waals surface area contributed by atoms with Gasteiger partial charge < -0.3 is 9.47 Å². The number of methoxy groups -OCH3 is 2. The predicted molar refractivity (Wildman–Crippen MR) is 102 cm³/mol. The predicted octanol–water partition coefficient (Wildman–Crippen LogP) is 4.05. The minimum atomic E-state index is -0.208. The van der Waals surface area contributed by atoms with E-state index < -0.39 is 0 Å². The van der Waals surface area contributed by atoms with E-state index in [1.165, 1.54) is 37.5 Å². The van der Waals surface area contributed by atoms with Crippen LogP contribution in [0.5, 0.6) is 0 Å². The zero-order valence-electron chi connectivity index (χ0n) is 13.7. The summed E-state index contributed by atoms with van der Waals surface area (Å²) in [6.45, 7) is 0. The van der Waals surface area contributed by atoms with Crippen LogP contribution in [0.15, 0.2) is 66.7 Å². The fourth-order valence-corrected chi connectivity index (χ4v) is 4.51. The quantitative estimate of drug-likeness (QED) is 0.319. The van der Waals surface area contributed by atoms with Crippen molar-refractivity contribution < 1.29 is 9.47 Å². The number of hydrogen-bond donors (Lipinski definition) is 0. The standard InChI is InChI=1S/C21H18O2Si/c1-22-21(23-2)24-19-13-7-12-18-16-9-4-3-8-14(16)15-10-5-6-11-17(15)20(18)19/h3-13,21H,1-2H3. The molecular formula is C21H18O2Si. The molecule has 4 aromatic carbocycles. The first kappa shape index (κ1) is 15.3. The summed E-state index contributed by atoms with van der Waals surface area (Å²) >= 11 is 0. The highest BCUT2D eigenvalue weighted by Gasteiger charge is 2.15. The Balaban J connectivity index is 2.13. The Morgan fingerprint density at radius 3 is 1.62 bits per heavy atom. The first-order valence-corrected chi connectivity index (χ1v) is 9.05. The normalized spacial score (nSPS) is 11.8. The Bertz CT molecular complexity index is 977. The fourth-order valence-electron chi connectivity index (χ4n) is 3.42. The summed E-state index contributed by atoms with van der Waals surface area (Å²) in [6.07, 6.45) is 0. The van der Waals surface area contributed by atoms with Crippen molar-refractivity contribution in [1.29, 1.82) is 0 Å². The lowest BCUT2D eigenvalue weighted by Crippen LogP contribution is -2.31. The molecule has 24 heavy (non-hydrogen) atoms. The third-order valence-corrected chi connectivity index (χ3v) is 5.90. The molecule has 0 saturated heterocycles. The van der Waals surface area contributed by atoms with Crippen LogP contribution in [0.1, 0.15) is 0 Å². The Hall–Kier alpha value is -2.20. The van der Waals surface area contributed by atoms with Gasteiger partial charge in [0.05, 0.1) is 0 Å². The Morgan fingerprint density at radius 1 is 0.625 bits per heavy atom. The molecule has 0 amide bonds. The van der Waals surface area contributed by atoms with Crippen LogP contribution in [0.4, 0.5) is 0 Å². The van der Waals surface area contributed by atoms with Crippen molar-refractivity contribution in [2.24, 2.45) is 0 Å². The van der Waals surface area contributed by atoms with Gasteiger partial charge in [-0.25, -0.2) is 0 Å². The highest BCUT2D eigenvalue weighted by Crippen LogP contribution is 2.33. The topological polar surface area (TPSA) is 18.5 Å². The molecule has 118 valence electrons. The van der Waals surface area contributed by atoms with Gasteiger partial charge in [0.15, 0.2) is 9.52 Å². The maximum atomic E-state index is 5.44. The highest BCUT2D eigenvalue weighted by atomic mass is 28.2. The number of benzene rings is 4. The second kappa shape index (κ2) is 6.36. The first-order chi connectivity index (χ1) is 11.8. The second-order valence-corrected chi connectivity index (χ2v) is 7.07. The van der Waals surface area contributed by atoms with Gasteiger partial charge in [0, 0.05) is 14.2 Å². The van der Waals surface area contributed by atoms with E-state index >= 15 is 0 Å². The lowest BCUT2D eigenvalue weighted by atomic mass is 9.94. The molecule has 0 aromatic heterocycles. The molecule has 0 N–H and O–H groups in total. The molecular weight excluding hydrogens is 312 g/mol. The molecule has 0 bridgehead atoms. The van der Waals surface area contributed by atoms with Crippen molar-refractivity contribution >= 4 is 47.0 Å². The van der Waals surface area contributed by atoms with E-state index in [4.69, 9.17) is 9.47 Å². The average molecular weight is 330 g/mol. The zero-order chi connectivity index (χ0) is 16.5. The minimum Gasteiger partial charge on any atom is -0.360 e. The van der Waals surface area contributed by atoms with Gasteiger partial charge in [-0.15, -0.1) is 0 Å². The second-order valence-electron chi connectivity index (χ2n) is 5.77. The van der Waals surface area contributed by atoms with E-state index in [1.807, 2.05) is 0 Å². The van der Waals surface area contributed by atoms with E-state index in [9.17, 15) is 0 Å². The van der Waals surface area contributed by atoms with Crippen LogP contribution in [0.3, 0.4) is 0 Å². The van der Waals surface area contributed by atoms with Crippen molar-refractivity contribution in [2.45, 2.75) is 5.91 Å². The fraction of sp³-hybridized carbons (Fsp3) is 0.143. The van der Waals surface area contributed by atoms with Gasteiger partial charge >= 0.3 is 0 Å². The van der Waals surface area contributed by atoms with Gasteiger partial charge in [0.2, 0.25) is 0 Å². The van der Waals surface area contributed by atoms with Crippen molar-refractivity contribution in [2.75, 3.05) is 14.2 Å². The van der Waals surface area contributed by atoms with Crippen molar-refractivity contribution in [3.05, 3.63) is 66.7 Å². The number of ether oxygens (including phenoxy) is 2. The SMILES string of the molecule is COC(OC)[Si]c1cccc2c3ccccc3c3ccccc3c12. The molecule has 0 atom stereocenters. The third-order valence-electron chi connectivity index (χ3n) is 4.47. The number of hydrogen-bond acceptors (Lipinski definition) is 2. The van der Waals surface area contributed by atoms with Crippen LogP contribution >= 0.6 is 0 Å². The average Bonchev–Trinajstić information content (AvgIpc) is 2.66. The van der Waals surface area contributed by atoms with E-state index in [2.05, 4.69) is 66.7 Å². The Labute approximate surface area is 143 Å². The molecule has 2 nitrogen and oxygen atoms in total. The molecule has 0 aliphatic carbocycles. The van der Waals surface area contributed by atoms with Crippen LogP contribution in [-0.2, 0) is 9.47 Å². The minimum absolute atomic E-state index is 0.208. The Kier molecular flexibility index (Phi) is 4.06. The maximum Gasteiger partial charge on any atom is 0.157 e.